The topological polar surface area (TPSA) is 56.5 Å². The van der Waals surface area contributed by atoms with Crippen molar-refractivity contribution in [3.05, 3.63) is 0 Å². The molecule has 0 fully saturated rings. The molecule has 0 aromatic carbocycles. The van der Waals surface area contributed by atoms with Crippen LogP contribution in [0.25, 0.3) is 0 Å². The van der Waals surface area contributed by atoms with Crippen LogP contribution in [0, 0.1) is 0 Å². The van der Waals surface area contributed by atoms with Gasteiger partial charge in [0.15, 0.2) is 0 Å². The van der Waals surface area contributed by atoms with Crippen LogP contribution < -0.4 is 11.1 Å². The van der Waals surface area contributed by atoms with Crippen molar-refractivity contribution >= 4 is 18.5 Å². The molecule has 0 spiro atoms. The van der Waals surface area contributed by atoms with E-state index in [-0.39, 0.29) is 9.90 Å². The molecule has 0 amide bonds. The molecule has 0 saturated heterocycles. The molecule has 6 heteroatoms. The minimum absolute atomic E-state index is 0. The summed E-state index contributed by atoms with van der Waals surface area (Å²) < 4.78 is 10.7. The van der Waals surface area contributed by atoms with Gasteiger partial charge in [0.1, 0.15) is 0 Å². The molecule has 88 valence electrons. The largest absolute Gasteiger partial charge is 0.398 e. The molecule has 0 rings (SSSR count). The van der Waals surface area contributed by atoms with Crippen LogP contribution in [0.15, 0.2) is 0 Å². The number of rotatable bonds is 8. The van der Waals surface area contributed by atoms with E-state index in [2.05, 4.69) is 11.9 Å². The lowest BCUT2D eigenvalue weighted by Crippen LogP contribution is -2.37. The Bertz CT molecular complexity index is 126. The zero-order valence-corrected chi connectivity index (χ0v) is 12.1. The van der Waals surface area contributed by atoms with Crippen LogP contribution in [0.1, 0.15) is 6.42 Å². The van der Waals surface area contributed by atoms with Crippen molar-refractivity contribution in [1.29, 1.82) is 0 Å². The van der Waals surface area contributed by atoms with Crippen molar-refractivity contribution < 1.29 is 8.85 Å². The number of nitrogens with one attached hydrogen (secondary N) is 1. The average Bonchev–Trinajstić information content (AvgIpc) is 2.17. The van der Waals surface area contributed by atoms with Gasteiger partial charge in [-0.2, -0.15) is 9.90 Å². The zero-order chi connectivity index (χ0) is 10.2. The fourth-order valence-corrected chi connectivity index (χ4v) is 2.44. The first kappa shape index (κ1) is 16.9. The van der Waals surface area contributed by atoms with Gasteiger partial charge in [0.2, 0.25) is 0 Å². The molecule has 0 saturated carbocycles. The van der Waals surface area contributed by atoms with E-state index in [1.807, 2.05) is 0 Å². The standard InChI is InChI=1S/C8H22N2O2Si.H3P/c1-11-13(3,12-2)8-4-6-10-7-5-9;/h10H,4-9H2,1-3H3;1H3. The minimum Gasteiger partial charge on any atom is -0.398 e. The maximum absolute atomic E-state index is 5.36. The van der Waals surface area contributed by atoms with E-state index in [9.17, 15) is 0 Å². The molecule has 0 aliphatic heterocycles. The van der Waals surface area contributed by atoms with E-state index in [0.29, 0.717) is 6.54 Å². The van der Waals surface area contributed by atoms with E-state index < -0.39 is 8.56 Å². The van der Waals surface area contributed by atoms with Gasteiger partial charge in [-0.1, -0.05) is 0 Å². The lowest BCUT2D eigenvalue weighted by Gasteiger charge is -2.22. The number of hydrogen-bond donors (Lipinski definition) is 2. The first-order valence-electron chi connectivity index (χ1n) is 4.69. The van der Waals surface area contributed by atoms with Gasteiger partial charge in [0.05, 0.1) is 0 Å². The van der Waals surface area contributed by atoms with Gasteiger partial charge >= 0.3 is 8.56 Å². The molecule has 0 aromatic heterocycles. The van der Waals surface area contributed by atoms with Gasteiger partial charge in [0, 0.05) is 27.3 Å². The molecule has 0 aliphatic carbocycles. The second-order valence-corrected chi connectivity index (χ2v) is 6.77. The summed E-state index contributed by atoms with van der Waals surface area (Å²) in [4.78, 5) is 0. The van der Waals surface area contributed by atoms with Gasteiger partial charge < -0.3 is 19.9 Å². The minimum atomic E-state index is -1.83. The first-order chi connectivity index (χ1) is 6.18. The molecule has 0 aliphatic rings. The lowest BCUT2D eigenvalue weighted by atomic mass is 10.5. The molecule has 0 heterocycles. The van der Waals surface area contributed by atoms with Crippen LogP contribution in [-0.4, -0.2) is 42.4 Å². The van der Waals surface area contributed by atoms with Crippen LogP contribution in [-0.2, 0) is 8.85 Å². The molecule has 0 radical (unpaired) electrons. The van der Waals surface area contributed by atoms with Crippen LogP contribution in [0.5, 0.6) is 0 Å². The predicted molar refractivity (Wildman–Crippen MR) is 68.1 cm³/mol. The summed E-state index contributed by atoms with van der Waals surface area (Å²) >= 11 is 0. The van der Waals surface area contributed by atoms with Gasteiger partial charge in [-0.15, -0.1) is 0 Å². The maximum Gasteiger partial charge on any atom is 0.334 e. The first-order valence-corrected chi connectivity index (χ1v) is 7.22. The monoisotopic (exact) mass is 240 g/mol. The predicted octanol–water partition coefficient (Wildman–Crippen LogP) is 0.348. The molecule has 14 heavy (non-hydrogen) atoms. The van der Waals surface area contributed by atoms with Crippen LogP contribution in [0.3, 0.4) is 0 Å². The van der Waals surface area contributed by atoms with Gasteiger partial charge in [-0.25, -0.2) is 0 Å². The highest BCUT2D eigenvalue weighted by atomic mass is 31.0. The Kier molecular flexibility index (Phi) is 12.1. The van der Waals surface area contributed by atoms with E-state index in [1.54, 1.807) is 14.2 Å². The number of hydrogen-bond acceptors (Lipinski definition) is 4. The Labute approximate surface area is 91.8 Å². The van der Waals surface area contributed by atoms with Gasteiger partial charge in [-0.3, -0.25) is 0 Å². The highest BCUT2D eigenvalue weighted by Crippen LogP contribution is 2.12. The second kappa shape index (κ2) is 10.0. The summed E-state index contributed by atoms with van der Waals surface area (Å²) in [6.45, 7) is 4.66. The normalized spacial score (nSPS) is 11.1. The smallest absolute Gasteiger partial charge is 0.334 e. The van der Waals surface area contributed by atoms with Crippen molar-refractivity contribution in [2.45, 2.75) is 19.0 Å². The molecule has 0 bridgehead atoms. The van der Waals surface area contributed by atoms with E-state index in [4.69, 9.17) is 14.6 Å². The summed E-state index contributed by atoms with van der Waals surface area (Å²) in [5.41, 5.74) is 5.35. The van der Waals surface area contributed by atoms with Gasteiger partial charge in [0.25, 0.3) is 0 Å². The third-order valence-electron chi connectivity index (χ3n) is 2.17. The van der Waals surface area contributed by atoms with Crippen molar-refractivity contribution in [1.82, 2.24) is 5.32 Å². The van der Waals surface area contributed by atoms with Crippen LogP contribution in [0.2, 0.25) is 12.6 Å². The lowest BCUT2D eigenvalue weighted by molar-refractivity contribution is 0.248. The highest BCUT2D eigenvalue weighted by molar-refractivity contribution is 6.92. The summed E-state index contributed by atoms with van der Waals surface area (Å²) in [6.07, 6.45) is 1.09. The Morgan fingerprint density at radius 1 is 1.21 bits per heavy atom. The Morgan fingerprint density at radius 2 is 1.79 bits per heavy atom. The van der Waals surface area contributed by atoms with Crippen molar-refractivity contribution in [3.63, 3.8) is 0 Å². The third-order valence-corrected chi connectivity index (χ3v) is 5.16. The average molecular weight is 240 g/mol. The third kappa shape index (κ3) is 7.85. The molecular weight excluding hydrogens is 215 g/mol. The molecule has 0 aromatic rings. The van der Waals surface area contributed by atoms with E-state index in [0.717, 1.165) is 25.6 Å². The van der Waals surface area contributed by atoms with Crippen LogP contribution in [0.4, 0.5) is 0 Å². The molecular formula is C8H25N2O2PSi. The Balaban J connectivity index is 0. The summed E-state index contributed by atoms with van der Waals surface area (Å²) in [5, 5.41) is 3.24. The SMILES string of the molecule is CO[Si](C)(CCCNCCN)OC.P. The van der Waals surface area contributed by atoms with Gasteiger partial charge in [-0.05, 0) is 25.6 Å². The second-order valence-electron chi connectivity index (χ2n) is 3.18. The Morgan fingerprint density at radius 3 is 2.21 bits per heavy atom. The van der Waals surface area contributed by atoms with Crippen molar-refractivity contribution in [3.8, 4) is 0 Å². The summed E-state index contributed by atoms with van der Waals surface area (Å²) in [7, 11) is 1.62. The quantitative estimate of drug-likeness (QED) is 0.365. The zero-order valence-electron chi connectivity index (χ0n) is 9.64. The summed E-state index contributed by atoms with van der Waals surface area (Å²) in [6, 6.07) is 1.03. The maximum atomic E-state index is 5.36. The highest BCUT2D eigenvalue weighted by Gasteiger charge is 2.27. The molecule has 4 nitrogen and oxygen atoms in total. The molecule has 1 unspecified atom stereocenters. The number of nitrogens with two attached hydrogens (primary N) is 1. The summed E-state index contributed by atoms with van der Waals surface area (Å²) in [5.74, 6) is 0. The van der Waals surface area contributed by atoms with Crippen molar-refractivity contribution in [2.24, 2.45) is 5.73 Å². The van der Waals surface area contributed by atoms with Crippen LogP contribution >= 0.6 is 9.90 Å². The Hall–Kier alpha value is 0.487. The van der Waals surface area contributed by atoms with E-state index in [1.165, 1.54) is 0 Å². The fraction of sp³-hybridized carbons (Fsp3) is 1.00. The molecule has 3 N–H and O–H groups in total. The van der Waals surface area contributed by atoms with E-state index >= 15 is 0 Å². The van der Waals surface area contributed by atoms with Crippen molar-refractivity contribution in [2.75, 3.05) is 33.9 Å². The molecule has 1 atom stereocenters. The fourth-order valence-electron chi connectivity index (χ4n) is 1.05.